The summed E-state index contributed by atoms with van der Waals surface area (Å²) in [5.41, 5.74) is 2.03. The SMILES string of the molecule is Cc1ccccc1OCc1nnc(S[C@@H]2CCCCNC2=O)n1-c1ccccc1. The van der Waals surface area contributed by atoms with Crippen molar-refractivity contribution in [2.45, 2.75) is 43.2 Å². The number of hydrogen-bond donors (Lipinski definition) is 1. The van der Waals surface area contributed by atoms with Gasteiger partial charge in [0, 0.05) is 12.2 Å². The average molecular weight is 409 g/mol. The highest BCUT2D eigenvalue weighted by Gasteiger charge is 2.25. The molecule has 6 nitrogen and oxygen atoms in total. The maximum absolute atomic E-state index is 12.4. The molecule has 1 aliphatic heterocycles. The van der Waals surface area contributed by atoms with Crippen molar-refractivity contribution in [1.29, 1.82) is 0 Å². The molecular weight excluding hydrogens is 384 g/mol. The van der Waals surface area contributed by atoms with Crippen LogP contribution in [0.3, 0.4) is 0 Å². The van der Waals surface area contributed by atoms with Crippen molar-refractivity contribution in [2.75, 3.05) is 6.54 Å². The fourth-order valence-corrected chi connectivity index (χ4v) is 4.45. The fourth-order valence-electron chi connectivity index (χ4n) is 3.32. The minimum Gasteiger partial charge on any atom is -0.485 e. The average Bonchev–Trinajstić information content (AvgIpc) is 3.03. The molecule has 3 aromatic rings. The molecule has 1 atom stereocenters. The van der Waals surface area contributed by atoms with E-state index in [0.29, 0.717) is 17.6 Å². The maximum Gasteiger partial charge on any atom is 0.233 e. The number of amides is 1. The Bertz CT molecular complexity index is 974. The number of aryl methyl sites for hydroxylation is 1. The van der Waals surface area contributed by atoms with Crippen LogP contribution < -0.4 is 10.1 Å². The first-order valence-corrected chi connectivity index (χ1v) is 10.7. The number of nitrogens with zero attached hydrogens (tertiary/aromatic N) is 3. The highest BCUT2D eigenvalue weighted by atomic mass is 32.2. The van der Waals surface area contributed by atoms with Gasteiger partial charge in [0.1, 0.15) is 12.4 Å². The van der Waals surface area contributed by atoms with Gasteiger partial charge < -0.3 is 10.1 Å². The highest BCUT2D eigenvalue weighted by Crippen LogP contribution is 2.30. The van der Waals surface area contributed by atoms with Crippen LogP contribution in [-0.2, 0) is 11.4 Å². The standard InChI is InChI=1S/C22H24N4O2S/c1-16-9-5-6-12-18(16)28-15-20-24-25-22(26(20)17-10-3-2-4-11-17)29-19-13-7-8-14-23-21(19)27/h2-6,9-12,19H,7-8,13-15H2,1H3,(H,23,27)/t19-/m1/s1. The van der Waals surface area contributed by atoms with Crippen LogP contribution in [0.25, 0.3) is 5.69 Å². The highest BCUT2D eigenvalue weighted by molar-refractivity contribution is 8.00. The van der Waals surface area contributed by atoms with Gasteiger partial charge in [0.25, 0.3) is 0 Å². The van der Waals surface area contributed by atoms with Crippen molar-refractivity contribution >= 4 is 17.7 Å². The molecule has 2 heterocycles. The van der Waals surface area contributed by atoms with E-state index >= 15 is 0 Å². The van der Waals surface area contributed by atoms with Gasteiger partial charge in [-0.15, -0.1) is 10.2 Å². The number of ether oxygens (including phenoxy) is 1. The van der Waals surface area contributed by atoms with E-state index in [-0.39, 0.29) is 11.2 Å². The number of nitrogens with one attached hydrogen (secondary N) is 1. The molecule has 1 aromatic heterocycles. The lowest BCUT2D eigenvalue weighted by Crippen LogP contribution is -2.30. The second-order valence-corrected chi connectivity index (χ2v) is 8.19. The van der Waals surface area contributed by atoms with Gasteiger partial charge in [0.2, 0.25) is 5.91 Å². The molecule has 1 aliphatic rings. The summed E-state index contributed by atoms with van der Waals surface area (Å²) >= 11 is 1.47. The summed E-state index contributed by atoms with van der Waals surface area (Å²) in [7, 11) is 0. The van der Waals surface area contributed by atoms with Crippen molar-refractivity contribution in [3.05, 3.63) is 66.0 Å². The first kappa shape index (κ1) is 19.5. The smallest absolute Gasteiger partial charge is 0.233 e. The molecule has 0 unspecified atom stereocenters. The van der Waals surface area contributed by atoms with E-state index in [0.717, 1.165) is 42.8 Å². The molecule has 7 heteroatoms. The lowest BCUT2D eigenvalue weighted by Gasteiger charge is -2.15. The van der Waals surface area contributed by atoms with E-state index in [1.165, 1.54) is 11.8 Å². The quantitative estimate of drug-likeness (QED) is 0.670. The third-order valence-corrected chi connectivity index (χ3v) is 6.11. The van der Waals surface area contributed by atoms with Gasteiger partial charge in [-0.3, -0.25) is 9.36 Å². The summed E-state index contributed by atoms with van der Waals surface area (Å²) in [5.74, 6) is 1.61. The van der Waals surface area contributed by atoms with Crippen LogP contribution in [0.4, 0.5) is 0 Å². The first-order chi connectivity index (χ1) is 14.2. The third-order valence-electron chi connectivity index (χ3n) is 4.90. The van der Waals surface area contributed by atoms with E-state index in [2.05, 4.69) is 15.5 Å². The molecule has 0 radical (unpaired) electrons. The number of rotatable bonds is 6. The predicted octanol–water partition coefficient (Wildman–Crippen LogP) is 3.92. The lowest BCUT2D eigenvalue weighted by atomic mass is 10.2. The van der Waals surface area contributed by atoms with Crippen molar-refractivity contribution in [3.8, 4) is 11.4 Å². The van der Waals surface area contributed by atoms with Gasteiger partial charge in [0.15, 0.2) is 11.0 Å². The van der Waals surface area contributed by atoms with Gasteiger partial charge in [-0.05, 0) is 43.5 Å². The maximum atomic E-state index is 12.4. The molecule has 1 fully saturated rings. The number of carbonyl (C=O) groups excluding carboxylic acids is 1. The molecule has 1 amide bonds. The van der Waals surface area contributed by atoms with Gasteiger partial charge in [-0.25, -0.2) is 0 Å². The zero-order valence-corrected chi connectivity index (χ0v) is 17.2. The molecule has 1 N–H and O–H groups in total. The summed E-state index contributed by atoms with van der Waals surface area (Å²) < 4.78 is 8.00. The van der Waals surface area contributed by atoms with E-state index in [4.69, 9.17) is 4.74 Å². The van der Waals surface area contributed by atoms with Crippen LogP contribution >= 0.6 is 11.8 Å². The Hall–Kier alpha value is -2.80. The number of benzene rings is 2. The van der Waals surface area contributed by atoms with Crippen molar-refractivity contribution in [1.82, 2.24) is 20.1 Å². The first-order valence-electron chi connectivity index (χ1n) is 9.85. The second kappa shape index (κ2) is 9.13. The molecule has 29 heavy (non-hydrogen) atoms. The molecule has 2 aromatic carbocycles. The molecule has 0 bridgehead atoms. The Morgan fingerprint density at radius 1 is 1.10 bits per heavy atom. The van der Waals surface area contributed by atoms with Crippen LogP contribution in [0.1, 0.15) is 30.7 Å². The Morgan fingerprint density at radius 3 is 2.72 bits per heavy atom. The zero-order valence-electron chi connectivity index (χ0n) is 16.4. The minimum absolute atomic E-state index is 0.0767. The largest absolute Gasteiger partial charge is 0.485 e. The molecule has 150 valence electrons. The van der Waals surface area contributed by atoms with E-state index < -0.39 is 0 Å². The van der Waals surface area contributed by atoms with E-state index in [1.54, 1.807) is 0 Å². The summed E-state index contributed by atoms with van der Waals surface area (Å²) in [6.45, 7) is 3.06. The Balaban J connectivity index is 1.62. The number of thioether (sulfide) groups is 1. The zero-order chi connectivity index (χ0) is 20.1. The number of aromatic nitrogens is 3. The summed E-state index contributed by atoms with van der Waals surface area (Å²) in [4.78, 5) is 12.4. The number of para-hydroxylation sites is 2. The molecule has 4 rings (SSSR count). The van der Waals surface area contributed by atoms with Crippen molar-refractivity contribution in [3.63, 3.8) is 0 Å². The summed E-state index contributed by atoms with van der Waals surface area (Å²) in [5, 5.41) is 12.3. The fraction of sp³-hybridized carbons (Fsp3) is 0.318. The Morgan fingerprint density at radius 2 is 1.90 bits per heavy atom. The number of hydrogen-bond acceptors (Lipinski definition) is 5. The normalized spacial score (nSPS) is 16.9. The van der Waals surface area contributed by atoms with Gasteiger partial charge >= 0.3 is 0 Å². The third kappa shape index (κ3) is 4.62. The van der Waals surface area contributed by atoms with Crippen LogP contribution in [0.2, 0.25) is 0 Å². The van der Waals surface area contributed by atoms with E-state index in [9.17, 15) is 4.79 Å². The monoisotopic (exact) mass is 408 g/mol. The molecule has 1 saturated heterocycles. The van der Waals surface area contributed by atoms with Gasteiger partial charge in [-0.2, -0.15) is 0 Å². The summed E-state index contributed by atoms with van der Waals surface area (Å²) in [6.07, 6.45) is 2.88. The lowest BCUT2D eigenvalue weighted by molar-refractivity contribution is -0.120. The topological polar surface area (TPSA) is 69.0 Å². The Labute approximate surface area is 174 Å². The Kier molecular flexibility index (Phi) is 6.14. The van der Waals surface area contributed by atoms with Crippen LogP contribution in [0.5, 0.6) is 5.75 Å². The van der Waals surface area contributed by atoms with Crippen LogP contribution in [0.15, 0.2) is 59.8 Å². The molecular formula is C22H24N4O2S. The predicted molar refractivity (Wildman–Crippen MR) is 113 cm³/mol. The van der Waals surface area contributed by atoms with Gasteiger partial charge in [-0.1, -0.05) is 54.6 Å². The minimum atomic E-state index is -0.158. The van der Waals surface area contributed by atoms with Crippen molar-refractivity contribution in [2.24, 2.45) is 0 Å². The van der Waals surface area contributed by atoms with Crippen LogP contribution in [-0.4, -0.2) is 32.5 Å². The van der Waals surface area contributed by atoms with Crippen molar-refractivity contribution < 1.29 is 9.53 Å². The summed E-state index contributed by atoms with van der Waals surface area (Å²) in [6, 6.07) is 17.9. The second-order valence-electron chi connectivity index (χ2n) is 7.02. The molecule has 0 saturated carbocycles. The molecule has 0 aliphatic carbocycles. The number of carbonyl (C=O) groups is 1. The van der Waals surface area contributed by atoms with Gasteiger partial charge in [0.05, 0.1) is 5.25 Å². The van der Waals surface area contributed by atoms with Crippen LogP contribution in [0, 0.1) is 6.92 Å². The van der Waals surface area contributed by atoms with E-state index in [1.807, 2.05) is 66.1 Å². The molecule has 0 spiro atoms.